The maximum atomic E-state index is 5.77. The minimum absolute atomic E-state index is 0.504. The fraction of sp³-hybridized carbons (Fsp3) is 0.500. The molecule has 0 aliphatic rings. The Balaban J connectivity index is 1.97. The van der Waals surface area contributed by atoms with Crippen LogP contribution in [0.4, 0.5) is 0 Å². The lowest BCUT2D eigenvalue weighted by Crippen LogP contribution is -2.24. The Morgan fingerprint density at radius 3 is 2.89 bits per heavy atom. The first-order valence-electron chi connectivity index (χ1n) is 6.46. The van der Waals surface area contributed by atoms with E-state index in [0.29, 0.717) is 6.04 Å². The van der Waals surface area contributed by atoms with Gasteiger partial charge in [0.15, 0.2) is 11.7 Å². The van der Waals surface area contributed by atoms with Gasteiger partial charge in [0.25, 0.3) is 0 Å². The molecule has 0 saturated heterocycles. The van der Waals surface area contributed by atoms with E-state index in [1.165, 1.54) is 9.75 Å². The van der Waals surface area contributed by atoms with Crippen molar-refractivity contribution < 1.29 is 4.42 Å². The molecule has 2 aromatic rings. The van der Waals surface area contributed by atoms with Crippen LogP contribution in [0.3, 0.4) is 0 Å². The van der Waals surface area contributed by atoms with Crippen LogP contribution in [-0.4, -0.2) is 17.6 Å². The first kappa shape index (κ1) is 13.3. The molecular weight excluding hydrogens is 244 g/mol. The van der Waals surface area contributed by atoms with Crippen molar-refractivity contribution in [1.82, 2.24) is 10.3 Å². The number of nitrogens with zero attached hydrogens (tertiary/aromatic N) is 1. The van der Waals surface area contributed by atoms with Crippen LogP contribution < -0.4 is 5.32 Å². The molecule has 0 aromatic carbocycles. The summed E-state index contributed by atoms with van der Waals surface area (Å²) in [7, 11) is 0. The van der Waals surface area contributed by atoms with Crippen molar-refractivity contribution in [2.75, 3.05) is 6.54 Å². The number of aromatic nitrogens is 1. The molecule has 2 rings (SSSR count). The van der Waals surface area contributed by atoms with Crippen molar-refractivity contribution in [3.05, 3.63) is 29.1 Å². The van der Waals surface area contributed by atoms with E-state index in [1.54, 1.807) is 11.3 Å². The number of thiophene rings is 1. The molecule has 0 radical (unpaired) electrons. The molecule has 0 atom stereocenters. The number of hydrogen-bond acceptors (Lipinski definition) is 4. The molecule has 3 nitrogen and oxygen atoms in total. The summed E-state index contributed by atoms with van der Waals surface area (Å²) in [6.45, 7) is 7.35. The van der Waals surface area contributed by atoms with Gasteiger partial charge < -0.3 is 9.73 Å². The maximum Gasteiger partial charge on any atom is 0.196 e. The number of oxazole rings is 1. The second-order valence-electron chi connectivity index (χ2n) is 4.60. The summed E-state index contributed by atoms with van der Waals surface area (Å²) in [4.78, 5) is 6.87. The Bertz CT molecular complexity index is 487. The zero-order valence-electron chi connectivity index (χ0n) is 11.2. The summed E-state index contributed by atoms with van der Waals surface area (Å²) < 4.78 is 5.77. The fourth-order valence-corrected chi connectivity index (χ4v) is 2.60. The molecule has 0 bridgehead atoms. The van der Waals surface area contributed by atoms with Gasteiger partial charge in [0.2, 0.25) is 0 Å². The Hall–Kier alpha value is -1.13. The van der Waals surface area contributed by atoms with Gasteiger partial charge in [-0.25, -0.2) is 4.98 Å². The molecule has 1 N–H and O–H groups in total. The highest BCUT2D eigenvalue weighted by Gasteiger charge is 2.08. The SMILES string of the molecule is CCc1ccc(-c2cnc(CCNC(C)C)o2)s1. The van der Waals surface area contributed by atoms with Crippen LogP contribution in [0.25, 0.3) is 10.6 Å². The molecule has 2 heterocycles. The molecule has 18 heavy (non-hydrogen) atoms. The van der Waals surface area contributed by atoms with E-state index in [0.717, 1.165) is 31.0 Å². The van der Waals surface area contributed by atoms with Crippen LogP contribution in [-0.2, 0) is 12.8 Å². The van der Waals surface area contributed by atoms with Crippen LogP contribution in [0.15, 0.2) is 22.7 Å². The van der Waals surface area contributed by atoms with Crippen LogP contribution >= 0.6 is 11.3 Å². The quantitative estimate of drug-likeness (QED) is 0.867. The third-order valence-corrected chi connectivity index (χ3v) is 3.94. The third-order valence-electron chi connectivity index (χ3n) is 2.70. The lowest BCUT2D eigenvalue weighted by molar-refractivity contribution is 0.485. The van der Waals surface area contributed by atoms with Gasteiger partial charge in [-0.05, 0) is 18.6 Å². The monoisotopic (exact) mass is 264 g/mol. The lowest BCUT2D eigenvalue weighted by Gasteiger charge is -2.05. The van der Waals surface area contributed by atoms with Gasteiger partial charge >= 0.3 is 0 Å². The third kappa shape index (κ3) is 3.43. The molecule has 0 fully saturated rings. The number of aryl methyl sites for hydroxylation is 1. The zero-order valence-corrected chi connectivity index (χ0v) is 12.0. The Morgan fingerprint density at radius 1 is 1.39 bits per heavy atom. The predicted molar refractivity (Wildman–Crippen MR) is 76.0 cm³/mol. The van der Waals surface area contributed by atoms with Crippen LogP contribution in [0.5, 0.6) is 0 Å². The van der Waals surface area contributed by atoms with Gasteiger partial charge in [-0.1, -0.05) is 20.8 Å². The van der Waals surface area contributed by atoms with Crippen LogP contribution in [0.1, 0.15) is 31.5 Å². The summed E-state index contributed by atoms with van der Waals surface area (Å²) in [5.74, 6) is 1.70. The molecule has 0 aliphatic heterocycles. The van der Waals surface area contributed by atoms with E-state index >= 15 is 0 Å². The molecular formula is C14H20N2OS. The van der Waals surface area contributed by atoms with Crippen LogP contribution in [0.2, 0.25) is 0 Å². The van der Waals surface area contributed by atoms with E-state index in [2.05, 4.69) is 43.2 Å². The molecule has 2 aromatic heterocycles. The molecule has 4 heteroatoms. The Kier molecular flexibility index (Phi) is 4.55. The first-order chi connectivity index (χ1) is 8.69. The summed E-state index contributed by atoms with van der Waals surface area (Å²) in [6.07, 6.45) is 3.74. The van der Waals surface area contributed by atoms with Crippen molar-refractivity contribution in [3.63, 3.8) is 0 Å². The number of hydrogen-bond donors (Lipinski definition) is 1. The highest BCUT2D eigenvalue weighted by molar-refractivity contribution is 7.15. The Morgan fingerprint density at radius 2 is 2.22 bits per heavy atom. The van der Waals surface area contributed by atoms with Gasteiger partial charge in [-0.15, -0.1) is 11.3 Å². The molecule has 98 valence electrons. The van der Waals surface area contributed by atoms with Crippen molar-refractivity contribution in [3.8, 4) is 10.6 Å². The summed E-state index contributed by atoms with van der Waals surface area (Å²) in [6, 6.07) is 4.77. The second-order valence-corrected chi connectivity index (χ2v) is 5.76. The minimum atomic E-state index is 0.504. The predicted octanol–water partition coefficient (Wildman–Crippen LogP) is 3.51. The molecule has 0 saturated carbocycles. The summed E-state index contributed by atoms with van der Waals surface area (Å²) in [5, 5.41) is 3.36. The van der Waals surface area contributed by atoms with Crippen molar-refractivity contribution in [2.24, 2.45) is 0 Å². The van der Waals surface area contributed by atoms with Crippen molar-refractivity contribution in [1.29, 1.82) is 0 Å². The van der Waals surface area contributed by atoms with Gasteiger partial charge in [-0.3, -0.25) is 0 Å². The zero-order chi connectivity index (χ0) is 13.0. The minimum Gasteiger partial charge on any atom is -0.440 e. The second kappa shape index (κ2) is 6.16. The smallest absolute Gasteiger partial charge is 0.196 e. The fourth-order valence-electron chi connectivity index (χ4n) is 1.71. The normalized spacial score (nSPS) is 11.3. The van der Waals surface area contributed by atoms with E-state index in [4.69, 9.17) is 4.42 Å². The first-order valence-corrected chi connectivity index (χ1v) is 7.28. The maximum absolute atomic E-state index is 5.77. The average Bonchev–Trinajstić information content (AvgIpc) is 2.95. The van der Waals surface area contributed by atoms with Gasteiger partial charge in [0, 0.05) is 23.9 Å². The summed E-state index contributed by atoms with van der Waals surface area (Å²) in [5.41, 5.74) is 0. The highest BCUT2D eigenvalue weighted by Crippen LogP contribution is 2.28. The van der Waals surface area contributed by atoms with E-state index < -0.39 is 0 Å². The van der Waals surface area contributed by atoms with Gasteiger partial charge in [-0.2, -0.15) is 0 Å². The molecule has 0 unspecified atom stereocenters. The topological polar surface area (TPSA) is 38.1 Å². The lowest BCUT2D eigenvalue weighted by atomic mass is 10.3. The summed E-state index contributed by atoms with van der Waals surface area (Å²) >= 11 is 1.78. The van der Waals surface area contributed by atoms with Crippen molar-refractivity contribution in [2.45, 2.75) is 39.7 Å². The van der Waals surface area contributed by atoms with Crippen LogP contribution in [0, 0.1) is 0 Å². The highest BCUT2D eigenvalue weighted by atomic mass is 32.1. The molecule has 0 aliphatic carbocycles. The van der Waals surface area contributed by atoms with Gasteiger partial charge in [0.05, 0.1) is 11.1 Å². The molecule has 0 spiro atoms. The number of rotatable bonds is 6. The standard InChI is InChI=1S/C14H20N2OS/c1-4-11-5-6-13(18-11)12-9-16-14(17-12)7-8-15-10(2)3/h5-6,9-10,15H,4,7-8H2,1-3H3. The largest absolute Gasteiger partial charge is 0.440 e. The van der Waals surface area contributed by atoms with E-state index in [9.17, 15) is 0 Å². The van der Waals surface area contributed by atoms with Crippen molar-refractivity contribution >= 4 is 11.3 Å². The molecule has 0 amide bonds. The Labute approximate surface area is 112 Å². The van der Waals surface area contributed by atoms with E-state index in [1.807, 2.05) is 6.20 Å². The van der Waals surface area contributed by atoms with Gasteiger partial charge in [0.1, 0.15) is 0 Å². The number of nitrogens with one attached hydrogen (secondary N) is 1. The average molecular weight is 264 g/mol. The van der Waals surface area contributed by atoms with E-state index in [-0.39, 0.29) is 0 Å².